The second-order valence-corrected chi connectivity index (χ2v) is 8.84. The third-order valence-corrected chi connectivity index (χ3v) is 5.02. The van der Waals surface area contributed by atoms with Crippen LogP contribution in [0, 0.1) is 0 Å². The minimum absolute atomic E-state index is 0.0146. The Morgan fingerprint density at radius 2 is 1.78 bits per heavy atom. The van der Waals surface area contributed by atoms with Crippen molar-refractivity contribution in [2.24, 2.45) is 0 Å². The highest BCUT2D eigenvalue weighted by Crippen LogP contribution is 2.13. The summed E-state index contributed by atoms with van der Waals surface area (Å²) in [5.41, 5.74) is 0.440. The second kappa shape index (κ2) is 11.0. The molecule has 1 aromatic heterocycles. The third kappa shape index (κ3) is 7.60. The number of hydrogen-bond donors (Lipinski definition) is 1. The van der Waals surface area contributed by atoms with Crippen LogP contribution in [0.1, 0.15) is 33.6 Å². The quantitative estimate of drug-likeness (QED) is 0.663. The van der Waals surface area contributed by atoms with Crippen molar-refractivity contribution in [3.05, 3.63) is 30.3 Å². The van der Waals surface area contributed by atoms with Crippen molar-refractivity contribution < 1.29 is 14.3 Å². The maximum atomic E-state index is 12.1. The summed E-state index contributed by atoms with van der Waals surface area (Å²) in [6.45, 7) is 10.3. The van der Waals surface area contributed by atoms with Gasteiger partial charge in [0.1, 0.15) is 5.60 Å². The minimum Gasteiger partial charge on any atom is -0.444 e. The summed E-state index contributed by atoms with van der Waals surface area (Å²) in [4.78, 5) is 29.7. The zero-order chi connectivity index (χ0) is 23.0. The van der Waals surface area contributed by atoms with Crippen LogP contribution in [0.5, 0.6) is 0 Å². The summed E-state index contributed by atoms with van der Waals surface area (Å²) in [5.74, 6) is 0.600. The number of nitrogens with one attached hydrogen (secondary N) is 1. The summed E-state index contributed by atoms with van der Waals surface area (Å²) in [6, 6.07) is 9.68. The molecule has 1 saturated heterocycles. The Bertz CT molecular complexity index is 871. The van der Waals surface area contributed by atoms with Crippen molar-refractivity contribution in [1.29, 1.82) is 0 Å². The number of nitrogens with zero attached hydrogens (tertiary/aromatic N) is 6. The first-order valence-corrected chi connectivity index (χ1v) is 11.1. The lowest BCUT2D eigenvalue weighted by molar-refractivity contribution is -0.121. The van der Waals surface area contributed by atoms with Crippen molar-refractivity contribution >= 4 is 12.0 Å². The van der Waals surface area contributed by atoms with Crippen molar-refractivity contribution in [1.82, 2.24) is 35.3 Å². The van der Waals surface area contributed by atoms with Crippen molar-refractivity contribution in [2.45, 2.75) is 45.8 Å². The summed E-state index contributed by atoms with van der Waals surface area (Å²) < 4.78 is 5.42. The molecule has 0 bridgehead atoms. The van der Waals surface area contributed by atoms with Gasteiger partial charge >= 0.3 is 6.09 Å². The van der Waals surface area contributed by atoms with E-state index in [4.69, 9.17) is 4.74 Å². The Balaban J connectivity index is 1.27. The molecule has 1 fully saturated rings. The lowest BCUT2D eigenvalue weighted by Gasteiger charge is -2.35. The fourth-order valence-corrected chi connectivity index (χ4v) is 3.34. The number of hydrogen-bond acceptors (Lipinski definition) is 7. The van der Waals surface area contributed by atoms with Crippen LogP contribution in [-0.4, -0.2) is 86.9 Å². The Labute approximate surface area is 188 Å². The van der Waals surface area contributed by atoms with Crippen LogP contribution in [-0.2, 0) is 16.1 Å². The molecule has 1 aliphatic heterocycles. The molecule has 0 atom stereocenters. The molecule has 0 radical (unpaired) electrons. The van der Waals surface area contributed by atoms with Crippen LogP contribution in [0.4, 0.5) is 4.79 Å². The lowest BCUT2D eigenvalue weighted by Crippen LogP contribution is -2.51. The van der Waals surface area contributed by atoms with Crippen molar-refractivity contribution in [3.63, 3.8) is 0 Å². The van der Waals surface area contributed by atoms with Crippen LogP contribution in [0.2, 0.25) is 0 Å². The molecule has 0 unspecified atom stereocenters. The number of aromatic nitrogens is 4. The molecule has 0 aliphatic carbocycles. The van der Waals surface area contributed by atoms with Crippen LogP contribution in [0.15, 0.2) is 30.3 Å². The van der Waals surface area contributed by atoms with Gasteiger partial charge in [0.05, 0.1) is 6.54 Å². The highest BCUT2D eigenvalue weighted by atomic mass is 16.6. The molecule has 2 heterocycles. The lowest BCUT2D eigenvalue weighted by atomic mass is 10.2. The van der Waals surface area contributed by atoms with Gasteiger partial charge < -0.3 is 15.0 Å². The number of ether oxygens (including phenoxy) is 1. The van der Waals surface area contributed by atoms with E-state index in [1.807, 2.05) is 51.1 Å². The van der Waals surface area contributed by atoms with Gasteiger partial charge in [-0.05, 0) is 32.4 Å². The van der Waals surface area contributed by atoms with E-state index >= 15 is 0 Å². The van der Waals surface area contributed by atoms with Crippen LogP contribution >= 0.6 is 0 Å². The highest BCUT2D eigenvalue weighted by molar-refractivity contribution is 5.75. The molecule has 0 spiro atoms. The molecular formula is C22H33N7O3. The van der Waals surface area contributed by atoms with Crippen LogP contribution in [0.25, 0.3) is 11.4 Å². The standard InChI is InChI=1S/C22H33N7O3/c1-22(2,3)32-21(31)28-16-14-27(15-17-28)13-11-23-19(30)10-7-12-29-25-20(24-26-29)18-8-5-4-6-9-18/h4-6,8-9H,7,10-17H2,1-3H3,(H,23,30). The highest BCUT2D eigenvalue weighted by Gasteiger charge is 2.25. The van der Waals surface area contributed by atoms with Gasteiger partial charge in [0.15, 0.2) is 0 Å². The predicted molar refractivity (Wildman–Crippen MR) is 120 cm³/mol. The molecule has 0 saturated carbocycles. The molecule has 1 N–H and O–H groups in total. The molecule has 174 valence electrons. The average Bonchev–Trinajstić information content (AvgIpc) is 3.23. The first kappa shape index (κ1) is 23.6. The molecular weight excluding hydrogens is 410 g/mol. The molecule has 3 rings (SSSR count). The predicted octanol–water partition coefficient (Wildman–Crippen LogP) is 1.79. The SMILES string of the molecule is CC(C)(C)OC(=O)N1CCN(CCNC(=O)CCCn2nnc(-c3ccccc3)n2)CC1. The van der Waals surface area contributed by atoms with E-state index in [1.54, 1.807) is 4.90 Å². The maximum absolute atomic E-state index is 12.1. The average molecular weight is 444 g/mol. The maximum Gasteiger partial charge on any atom is 0.410 e. The van der Waals surface area contributed by atoms with E-state index < -0.39 is 5.60 Å². The largest absolute Gasteiger partial charge is 0.444 e. The van der Waals surface area contributed by atoms with Gasteiger partial charge in [-0.2, -0.15) is 4.80 Å². The normalized spacial score (nSPS) is 14.9. The van der Waals surface area contributed by atoms with E-state index in [9.17, 15) is 9.59 Å². The minimum atomic E-state index is -0.479. The fourth-order valence-electron chi connectivity index (χ4n) is 3.34. The van der Waals surface area contributed by atoms with Gasteiger partial charge in [-0.15, -0.1) is 10.2 Å². The van der Waals surface area contributed by atoms with Gasteiger partial charge in [0, 0.05) is 51.3 Å². The number of aryl methyl sites for hydroxylation is 1. The first-order valence-electron chi connectivity index (χ1n) is 11.1. The number of rotatable bonds is 8. The summed E-state index contributed by atoms with van der Waals surface area (Å²) in [5, 5.41) is 15.4. The number of piperazine rings is 1. The first-order chi connectivity index (χ1) is 15.3. The van der Waals surface area contributed by atoms with Gasteiger partial charge in [-0.25, -0.2) is 4.79 Å². The number of benzene rings is 1. The Hall–Kier alpha value is -3.01. The van der Waals surface area contributed by atoms with Gasteiger partial charge in [0.25, 0.3) is 0 Å². The monoisotopic (exact) mass is 443 g/mol. The summed E-state index contributed by atoms with van der Waals surface area (Å²) in [7, 11) is 0. The number of tetrazole rings is 1. The number of amides is 2. The fraction of sp³-hybridized carbons (Fsp3) is 0.591. The van der Waals surface area contributed by atoms with Crippen LogP contribution < -0.4 is 5.32 Å². The molecule has 2 amide bonds. The summed E-state index contributed by atoms with van der Waals surface area (Å²) in [6.07, 6.45) is 0.794. The van der Waals surface area contributed by atoms with Crippen molar-refractivity contribution in [3.8, 4) is 11.4 Å². The molecule has 1 aromatic carbocycles. The molecule has 1 aliphatic rings. The van der Waals surface area contributed by atoms with E-state index in [0.29, 0.717) is 44.8 Å². The zero-order valence-electron chi connectivity index (χ0n) is 19.2. The van der Waals surface area contributed by atoms with Gasteiger partial charge in [-0.3, -0.25) is 9.69 Å². The van der Waals surface area contributed by atoms with E-state index in [1.165, 1.54) is 4.80 Å². The van der Waals surface area contributed by atoms with E-state index in [2.05, 4.69) is 25.6 Å². The van der Waals surface area contributed by atoms with E-state index in [-0.39, 0.29) is 12.0 Å². The smallest absolute Gasteiger partial charge is 0.410 e. The zero-order valence-corrected chi connectivity index (χ0v) is 19.2. The van der Waals surface area contributed by atoms with Crippen molar-refractivity contribution in [2.75, 3.05) is 39.3 Å². The molecule has 10 nitrogen and oxygen atoms in total. The third-order valence-electron chi connectivity index (χ3n) is 5.02. The topological polar surface area (TPSA) is 105 Å². The Morgan fingerprint density at radius 1 is 1.06 bits per heavy atom. The number of carbonyl (C=O) groups excluding carboxylic acids is 2. The van der Waals surface area contributed by atoms with Gasteiger partial charge in [0.2, 0.25) is 11.7 Å². The Morgan fingerprint density at radius 3 is 2.47 bits per heavy atom. The molecule has 2 aromatic rings. The molecule has 32 heavy (non-hydrogen) atoms. The molecule has 10 heteroatoms. The summed E-state index contributed by atoms with van der Waals surface area (Å²) >= 11 is 0. The second-order valence-electron chi connectivity index (χ2n) is 8.84. The van der Waals surface area contributed by atoms with Crippen LogP contribution in [0.3, 0.4) is 0 Å². The van der Waals surface area contributed by atoms with Gasteiger partial charge in [-0.1, -0.05) is 30.3 Å². The number of carbonyl (C=O) groups is 2. The van der Waals surface area contributed by atoms with E-state index in [0.717, 1.165) is 25.2 Å². The Kier molecular flexibility index (Phi) is 8.15.